The third kappa shape index (κ3) is 1.86. The predicted molar refractivity (Wildman–Crippen MR) is 62.3 cm³/mol. The van der Waals surface area contributed by atoms with Crippen LogP contribution in [0.5, 0.6) is 0 Å². The van der Waals surface area contributed by atoms with E-state index in [2.05, 4.69) is 16.0 Å². The highest BCUT2D eigenvalue weighted by Crippen LogP contribution is 2.32. The lowest BCUT2D eigenvalue weighted by molar-refractivity contribution is 0.243. The summed E-state index contributed by atoms with van der Waals surface area (Å²) >= 11 is 0. The maximum absolute atomic E-state index is 13.1. The van der Waals surface area contributed by atoms with Gasteiger partial charge in [-0.1, -0.05) is 6.07 Å². The van der Waals surface area contributed by atoms with E-state index in [-0.39, 0.29) is 23.9 Å². The summed E-state index contributed by atoms with van der Waals surface area (Å²) in [5.74, 6) is -0.330. The second kappa shape index (κ2) is 4.00. The Labute approximate surface area is 98.6 Å². The zero-order chi connectivity index (χ0) is 11.8. The highest BCUT2D eigenvalue weighted by molar-refractivity contribution is 5.93. The van der Waals surface area contributed by atoms with E-state index in [9.17, 15) is 9.18 Å². The van der Waals surface area contributed by atoms with E-state index in [1.807, 2.05) is 0 Å². The minimum Gasteiger partial charge on any atom is -0.329 e. The quantitative estimate of drug-likeness (QED) is 0.694. The first kappa shape index (κ1) is 10.5. The second-order valence-corrected chi connectivity index (χ2v) is 4.51. The number of urea groups is 1. The Morgan fingerprint density at radius 2 is 2.24 bits per heavy atom. The van der Waals surface area contributed by atoms with Crippen LogP contribution in [0.3, 0.4) is 0 Å². The number of fused-ring (bicyclic) bond motifs is 1. The number of halogens is 1. The number of benzene rings is 1. The molecule has 2 amide bonds. The minimum atomic E-state index is -0.330. The van der Waals surface area contributed by atoms with Gasteiger partial charge in [-0.25, -0.2) is 9.18 Å². The normalized spacial score (nSPS) is 27.2. The van der Waals surface area contributed by atoms with Crippen molar-refractivity contribution in [3.05, 3.63) is 29.6 Å². The fourth-order valence-corrected chi connectivity index (χ4v) is 2.60. The number of amides is 2. The smallest absolute Gasteiger partial charge is 0.319 e. The summed E-state index contributed by atoms with van der Waals surface area (Å²) in [5, 5.41) is 8.90. The molecule has 2 atom stereocenters. The lowest BCUT2D eigenvalue weighted by atomic mass is 9.95. The summed E-state index contributed by atoms with van der Waals surface area (Å²) in [7, 11) is 0. The molecule has 1 saturated heterocycles. The van der Waals surface area contributed by atoms with Gasteiger partial charge in [-0.2, -0.15) is 0 Å². The van der Waals surface area contributed by atoms with Crippen LogP contribution in [0.1, 0.15) is 24.4 Å². The maximum atomic E-state index is 13.1. The Morgan fingerprint density at radius 1 is 1.35 bits per heavy atom. The van der Waals surface area contributed by atoms with E-state index in [1.165, 1.54) is 12.1 Å². The standard InChI is InChI=1S/C12H14FN3O/c13-7-3-4-8-10(6-7)15-12(17)16-11(8)9-2-1-5-14-9/h3-4,6,9,11,14H,1-2,5H2,(H2,15,16,17). The van der Waals surface area contributed by atoms with Gasteiger partial charge < -0.3 is 16.0 Å². The summed E-state index contributed by atoms with van der Waals surface area (Å²) in [6.07, 6.45) is 2.14. The van der Waals surface area contributed by atoms with Crippen LogP contribution < -0.4 is 16.0 Å². The first-order valence-corrected chi connectivity index (χ1v) is 5.84. The summed E-state index contributed by atoms with van der Waals surface area (Å²) in [6.45, 7) is 0.973. The number of nitrogens with one attached hydrogen (secondary N) is 3. The summed E-state index contributed by atoms with van der Waals surface area (Å²) in [5.41, 5.74) is 1.53. The average Bonchev–Trinajstić information content (AvgIpc) is 2.80. The fourth-order valence-electron chi connectivity index (χ4n) is 2.60. The molecule has 2 aliphatic rings. The lowest BCUT2D eigenvalue weighted by Crippen LogP contribution is -2.46. The van der Waals surface area contributed by atoms with Gasteiger partial charge in [-0.05, 0) is 37.1 Å². The van der Waals surface area contributed by atoms with Crippen molar-refractivity contribution in [1.82, 2.24) is 10.6 Å². The Hall–Kier alpha value is -1.62. The molecule has 90 valence electrons. The molecular formula is C12H14FN3O. The minimum absolute atomic E-state index is 0.0677. The molecule has 2 aliphatic heterocycles. The number of carbonyl (C=O) groups excluding carboxylic acids is 1. The number of carbonyl (C=O) groups is 1. The predicted octanol–water partition coefficient (Wildman–Crippen LogP) is 1.75. The molecule has 1 aromatic rings. The van der Waals surface area contributed by atoms with Crippen LogP contribution >= 0.6 is 0 Å². The molecule has 0 bridgehead atoms. The molecule has 5 heteroatoms. The van der Waals surface area contributed by atoms with Crippen molar-refractivity contribution in [2.75, 3.05) is 11.9 Å². The van der Waals surface area contributed by atoms with Crippen LogP contribution in [-0.2, 0) is 0 Å². The number of hydrogen-bond donors (Lipinski definition) is 3. The van der Waals surface area contributed by atoms with Gasteiger partial charge in [0.1, 0.15) is 5.82 Å². The molecule has 0 aromatic heterocycles. The van der Waals surface area contributed by atoms with E-state index in [1.54, 1.807) is 6.07 Å². The van der Waals surface area contributed by atoms with Gasteiger partial charge in [-0.15, -0.1) is 0 Å². The SMILES string of the molecule is O=C1Nc2cc(F)ccc2C(C2CCCN2)N1. The zero-order valence-electron chi connectivity index (χ0n) is 9.29. The van der Waals surface area contributed by atoms with Crippen molar-refractivity contribution in [2.24, 2.45) is 0 Å². The van der Waals surface area contributed by atoms with Crippen LogP contribution in [0.2, 0.25) is 0 Å². The summed E-state index contributed by atoms with van der Waals surface area (Å²) in [6, 6.07) is 4.45. The third-order valence-electron chi connectivity index (χ3n) is 3.39. The van der Waals surface area contributed by atoms with Crippen LogP contribution in [0.15, 0.2) is 18.2 Å². The van der Waals surface area contributed by atoms with Crippen molar-refractivity contribution in [3.8, 4) is 0 Å². The van der Waals surface area contributed by atoms with Crippen LogP contribution in [0.25, 0.3) is 0 Å². The topological polar surface area (TPSA) is 53.2 Å². The second-order valence-electron chi connectivity index (χ2n) is 4.51. The van der Waals surface area contributed by atoms with Gasteiger partial charge in [-0.3, -0.25) is 0 Å². The van der Waals surface area contributed by atoms with Gasteiger partial charge in [0.2, 0.25) is 0 Å². The molecule has 17 heavy (non-hydrogen) atoms. The van der Waals surface area contributed by atoms with E-state index in [0.717, 1.165) is 24.9 Å². The molecule has 1 fully saturated rings. The van der Waals surface area contributed by atoms with E-state index in [0.29, 0.717) is 5.69 Å². The van der Waals surface area contributed by atoms with Gasteiger partial charge in [0, 0.05) is 6.04 Å². The van der Waals surface area contributed by atoms with Crippen molar-refractivity contribution in [1.29, 1.82) is 0 Å². The van der Waals surface area contributed by atoms with Crippen molar-refractivity contribution in [3.63, 3.8) is 0 Å². The highest BCUT2D eigenvalue weighted by atomic mass is 19.1. The van der Waals surface area contributed by atoms with Gasteiger partial charge in [0.05, 0.1) is 11.7 Å². The Bertz CT molecular complexity index is 457. The molecular weight excluding hydrogens is 221 g/mol. The van der Waals surface area contributed by atoms with Crippen LogP contribution in [-0.4, -0.2) is 18.6 Å². The molecule has 2 unspecified atom stereocenters. The zero-order valence-corrected chi connectivity index (χ0v) is 9.29. The number of anilines is 1. The van der Waals surface area contributed by atoms with Crippen LogP contribution in [0.4, 0.5) is 14.9 Å². The molecule has 0 spiro atoms. The maximum Gasteiger partial charge on any atom is 0.319 e. The van der Waals surface area contributed by atoms with Crippen LogP contribution in [0, 0.1) is 5.82 Å². The summed E-state index contributed by atoms with van der Waals surface area (Å²) < 4.78 is 13.1. The molecule has 3 N–H and O–H groups in total. The average molecular weight is 235 g/mol. The summed E-state index contributed by atoms with van der Waals surface area (Å²) in [4.78, 5) is 11.5. The van der Waals surface area contributed by atoms with Crippen molar-refractivity contribution >= 4 is 11.7 Å². The van der Waals surface area contributed by atoms with E-state index >= 15 is 0 Å². The first-order chi connectivity index (χ1) is 8.24. The molecule has 0 aliphatic carbocycles. The molecule has 2 heterocycles. The molecule has 3 rings (SSSR count). The number of hydrogen-bond acceptors (Lipinski definition) is 2. The molecule has 1 aromatic carbocycles. The van der Waals surface area contributed by atoms with E-state index in [4.69, 9.17) is 0 Å². The Kier molecular flexibility index (Phi) is 2.48. The molecule has 0 saturated carbocycles. The first-order valence-electron chi connectivity index (χ1n) is 5.84. The Balaban J connectivity index is 1.98. The highest BCUT2D eigenvalue weighted by Gasteiger charge is 2.32. The largest absolute Gasteiger partial charge is 0.329 e. The number of rotatable bonds is 1. The van der Waals surface area contributed by atoms with Crippen molar-refractivity contribution < 1.29 is 9.18 Å². The lowest BCUT2D eigenvalue weighted by Gasteiger charge is -2.31. The van der Waals surface area contributed by atoms with E-state index < -0.39 is 0 Å². The Morgan fingerprint density at radius 3 is 3.00 bits per heavy atom. The van der Waals surface area contributed by atoms with Gasteiger partial charge in [0.15, 0.2) is 0 Å². The fraction of sp³-hybridized carbons (Fsp3) is 0.417. The van der Waals surface area contributed by atoms with Gasteiger partial charge >= 0.3 is 6.03 Å². The van der Waals surface area contributed by atoms with Crippen molar-refractivity contribution in [2.45, 2.75) is 24.9 Å². The van der Waals surface area contributed by atoms with Gasteiger partial charge in [0.25, 0.3) is 0 Å². The molecule has 0 radical (unpaired) electrons. The molecule has 4 nitrogen and oxygen atoms in total. The monoisotopic (exact) mass is 235 g/mol. The third-order valence-corrected chi connectivity index (χ3v) is 3.39.